The number of hydrogen-bond donors (Lipinski definition) is 0. The molecule has 1 saturated carbocycles. The number of hydrogen-bond acceptors (Lipinski definition) is 2. The quantitative estimate of drug-likeness (QED) is 0.753. The first-order valence-corrected chi connectivity index (χ1v) is 6.73. The predicted molar refractivity (Wildman–Crippen MR) is 67.9 cm³/mol. The number of rotatable bonds is 3. The van der Waals surface area contributed by atoms with Crippen molar-refractivity contribution in [3.05, 3.63) is 18.0 Å². The number of nitrogens with zero attached hydrogens (tertiary/aromatic N) is 2. The fourth-order valence-electron chi connectivity index (χ4n) is 2.47. The highest BCUT2D eigenvalue weighted by molar-refractivity contribution is 5.81. The third-order valence-corrected chi connectivity index (χ3v) is 3.58. The Morgan fingerprint density at radius 1 is 1.41 bits per heavy atom. The van der Waals surface area contributed by atoms with Crippen LogP contribution in [-0.2, 0) is 11.2 Å². The van der Waals surface area contributed by atoms with Gasteiger partial charge in [0.25, 0.3) is 0 Å². The van der Waals surface area contributed by atoms with E-state index in [0.717, 1.165) is 31.4 Å². The van der Waals surface area contributed by atoms with Crippen molar-refractivity contribution in [2.75, 3.05) is 0 Å². The Hall–Kier alpha value is -1.12. The molecule has 1 aromatic heterocycles. The normalized spacial score (nSPS) is 21.8. The average molecular weight is 234 g/mol. The molecule has 1 aliphatic rings. The lowest BCUT2D eigenvalue weighted by Crippen LogP contribution is -2.16. The molecule has 3 heteroatoms. The SMILES string of the molecule is CC(C)n1ccc(CC2CCCCCC2=O)n1. The van der Waals surface area contributed by atoms with E-state index in [1.165, 1.54) is 12.8 Å². The molecule has 0 aliphatic heterocycles. The van der Waals surface area contributed by atoms with Crippen molar-refractivity contribution in [3.63, 3.8) is 0 Å². The second kappa shape index (κ2) is 5.48. The van der Waals surface area contributed by atoms with Crippen LogP contribution in [0.15, 0.2) is 12.3 Å². The van der Waals surface area contributed by atoms with Crippen molar-refractivity contribution in [1.82, 2.24) is 9.78 Å². The zero-order valence-electron chi connectivity index (χ0n) is 10.9. The number of ketones is 1. The summed E-state index contributed by atoms with van der Waals surface area (Å²) in [4.78, 5) is 11.9. The lowest BCUT2D eigenvalue weighted by molar-refractivity contribution is -0.122. The first kappa shape index (κ1) is 12.3. The van der Waals surface area contributed by atoms with Crippen molar-refractivity contribution in [2.24, 2.45) is 5.92 Å². The number of aromatic nitrogens is 2. The van der Waals surface area contributed by atoms with Crippen molar-refractivity contribution in [1.29, 1.82) is 0 Å². The van der Waals surface area contributed by atoms with E-state index >= 15 is 0 Å². The van der Waals surface area contributed by atoms with Crippen LogP contribution in [-0.4, -0.2) is 15.6 Å². The van der Waals surface area contributed by atoms with E-state index in [1.807, 2.05) is 10.9 Å². The first-order valence-electron chi connectivity index (χ1n) is 6.73. The van der Waals surface area contributed by atoms with Crippen LogP contribution in [0.2, 0.25) is 0 Å². The molecule has 0 bridgehead atoms. The summed E-state index contributed by atoms with van der Waals surface area (Å²) < 4.78 is 1.97. The third-order valence-electron chi connectivity index (χ3n) is 3.58. The van der Waals surface area contributed by atoms with Crippen LogP contribution >= 0.6 is 0 Å². The van der Waals surface area contributed by atoms with Gasteiger partial charge in [0, 0.05) is 31.0 Å². The van der Waals surface area contributed by atoms with Gasteiger partial charge in [-0.3, -0.25) is 9.48 Å². The molecule has 17 heavy (non-hydrogen) atoms. The van der Waals surface area contributed by atoms with Gasteiger partial charge < -0.3 is 0 Å². The molecule has 94 valence electrons. The minimum absolute atomic E-state index is 0.216. The molecule has 1 aliphatic carbocycles. The molecule has 1 fully saturated rings. The average Bonchev–Trinajstić information content (AvgIpc) is 2.66. The molecule has 3 nitrogen and oxygen atoms in total. The zero-order chi connectivity index (χ0) is 12.3. The van der Waals surface area contributed by atoms with Gasteiger partial charge in [-0.25, -0.2) is 0 Å². The molecule has 0 spiro atoms. The number of carbonyl (C=O) groups excluding carboxylic acids is 1. The zero-order valence-corrected chi connectivity index (χ0v) is 10.9. The summed E-state index contributed by atoms with van der Waals surface area (Å²) in [6.45, 7) is 4.24. The minimum atomic E-state index is 0.216. The number of Topliss-reactive ketones (excluding diaryl/α,β-unsaturated/α-hetero) is 1. The molecule has 0 amide bonds. The van der Waals surface area contributed by atoms with E-state index < -0.39 is 0 Å². The van der Waals surface area contributed by atoms with Crippen LogP contribution in [0.3, 0.4) is 0 Å². The molecule has 1 aromatic rings. The Labute approximate surface area is 103 Å². The van der Waals surface area contributed by atoms with Crippen molar-refractivity contribution in [2.45, 2.75) is 58.4 Å². The van der Waals surface area contributed by atoms with Gasteiger partial charge in [-0.05, 0) is 32.8 Å². The van der Waals surface area contributed by atoms with E-state index in [4.69, 9.17) is 0 Å². The van der Waals surface area contributed by atoms with E-state index in [2.05, 4.69) is 25.0 Å². The van der Waals surface area contributed by atoms with Gasteiger partial charge in [-0.15, -0.1) is 0 Å². The summed E-state index contributed by atoms with van der Waals surface area (Å²) in [7, 11) is 0. The standard InChI is InChI=1S/C14H22N2O/c1-11(2)16-9-8-13(15-16)10-12-6-4-3-5-7-14(12)17/h8-9,11-12H,3-7,10H2,1-2H3. The van der Waals surface area contributed by atoms with Crippen LogP contribution in [0, 0.1) is 5.92 Å². The van der Waals surface area contributed by atoms with Gasteiger partial charge in [-0.2, -0.15) is 5.10 Å². The molecule has 0 radical (unpaired) electrons. The van der Waals surface area contributed by atoms with Crippen LogP contribution < -0.4 is 0 Å². The molecular formula is C14H22N2O. The maximum Gasteiger partial charge on any atom is 0.136 e. The summed E-state index contributed by atoms with van der Waals surface area (Å²) in [6.07, 6.45) is 8.16. The Bertz CT molecular complexity index is 381. The van der Waals surface area contributed by atoms with Gasteiger partial charge in [0.1, 0.15) is 5.78 Å². The molecule has 2 rings (SSSR count). The highest BCUT2D eigenvalue weighted by Crippen LogP contribution is 2.23. The highest BCUT2D eigenvalue weighted by Gasteiger charge is 2.21. The summed E-state index contributed by atoms with van der Waals surface area (Å²) in [5.41, 5.74) is 1.07. The minimum Gasteiger partial charge on any atom is -0.299 e. The largest absolute Gasteiger partial charge is 0.299 e. The summed E-state index contributed by atoms with van der Waals surface area (Å²) in [5.74, 6) is 0.662. The van der Waals surface area contributed by atoms with Crippen molar-refractivity contribution in [3.8, 4) is 0 Å². The van der Waals surface area contributed by atoms with E-state index in [-0.39, 0.29) is 5.92 Å². The Balaban J connectivity index is 2.00. The van der Waals surface area contributed by atoms with Gasteiger partial charge in [0.2, 0.25) is 0 Å². The van der Waals surface area contributed by atoms with Crippen LogP contribution in [0.5, 0.6) is 0 Å². The van der Waals surface area contributed by atoms with E-state index in [1.54, 1.807) is 0 Å². The van der Waals surface area contributed by atoms with Gasteiger partial charge in [0.05, 0.1) is 5.69 Å². The molecule has 0 N–H and O–H groups in total. The Morgan fingerprint density at radius 2 is 2.24 bits per heavy atom. The van der Waals surface area contributed by atoms with Gasteiger partial charge in [-0.1, -0.05) is 12.8 Å². The van der Waals surface area contributed by atoms with Gasteiger partial charge in [0.15, 0.2) is 0 Å². The Morgan fingerprint density at radius 3 is 2.94 bits per heavy atom. The summed E-state index contributed by atoms with van der Waals surface area (Å²) >= 11 is 0. The lowest BCUT2D eigenvalue weighted by Gasteiger charge is -2.11. The molecule has 1 unspecified atom stereocenters. The maximum atomic E-state index is 11.9. The Kier molecular flexibility index (Phi) is 3.97. The van der Waals surface area contributed by atoms with Gasteiger partial charge >= 0.3 is 0 Å². The van der Waals surface area contributed by atoms with Crippen LogP contribution in [0.4, 0.5) is 0 Å². The topological polar surface area (TPSA) is 34.9 Å². The monoisotopic (exact) mass is 234 g/mol. The van der Waals surface area contributed by atoms with Crippen LogP contribution in [0.25, 0.3) is 0 Å². The van der Waals surface area contributed by atoms with Crippen molar-refractivity contribution >= 4 is 5.78 Å². The van der Waals surface area contributed by atoms with E-state index in [0.29, 0.717) is 11.8 Å². The predicted octanol–water partition coefficient (Wildman–Crippen LogP) is 3.16. The molecule has 0 aromatic carbocycles. The smallest absolute Gasteiger partial charge is 0.136 e. The fraction of sp³-hybridized carbons (Fsp3) is 0.714. The lowest BCUT2D eigenvalue weighted by atomic mass is 9.94. The second-order valence-corrected chi connectivity index (χ2v) is 5.35. The third kappa shape index (κ3) is 3.18. The molecule has 1 heterocycles. The highest BCUT2D eigenvalue weighted by atomic mass is 16.1. The van der Waals surface area contributed by atoms with Crippen molar-refractivity contribution < 1.29 is 4.79 Å². The van der Waals surface area contributed by atoms with E-state index in [9.17, 15) is 4.79 Å². The number of carbonyl (C=O) groups is 1. The van der Waals surface area contributed by atoms with Crippen LogP contribution in [0.1, 0.15) is 57.7 Å². The second-order valence-electron chi connectivity index (χ2n) is 5.35. The molecule has 0 saturated heterocycles. The molecule has 1 atom stereocenters. The fourth-order valence-corrected chi connectivity index (χ4v) is 2.47. The first-order chi connectivity index (χ1) is 8.16. The summed E-state index contributed by atoms with van der Waals surface area (Å²) in [5, 5.41) is 4.53. The maximum absolute atomic E-state index is 11.9. The molecular weight excluding hydrogens is 212 g/mol. The summed E-state index contributed by atoms with van der Waals surface area (Å²) in [6, 6.07) is 2.45.